The first kappa shape index (κ1) is 15.9. The summed E-state index contributed by atoms with van der Waals surface area (Å²) in [5, 5.41) is 20.2. The highest BCUT2D eigenvalue weighted by atomic mass is 16.4. The smallest absolute Gasteiger partial charge is 0.335 e. The van der Waals surface area contributed by atoms with Crippen molar-refractivity contribution in [1.29, 1.82) is 0 Å². The summed E-state index contributed by atoms with van der Waals surface area (Å²) in [5.74, 6) is -0.427. The number of hydrogen-bond acceptors (Lipinski definition) is 5. The minimum absolute atomic E-state index is 0.125. The number of rotatable bonds is 4. The van der Waals surface area contributed by atoms with E-state index < -0.39 is 5.97 Å². The molecule has 2 heterocycles. The zero-order valence-electron chi connectivity index (χ0n) is 13.1. The summed E-state index contributed by atoms with van der Waals surface area (Å²) in [4.78, 5) is 25.3. The van der Waals surface area contributed by atoms with Crippen LogP contribution in [0.3, 0.4) is 0 Å². The minimum Gasteiger partial charge on any atom is -0.478 e. The van der Waals surface area contributed by atoms with E-state index in [0.717, 1.165) is 18.7 Å². The Morgan fingerprint density at radius 3 is 2.54 bits per heavy atom. The quantitative estimate of drug-likeness (QED) is 0.891. The number of nitrogens with zero attached hydrogens (tertiary/aromatic N) is 3. The van der Waals surface area contributed by atoms with Gasteiger partial charge in [-0.1, -0.05) is 6.07 Å². The van der Waals surface area contributed by atoms with Gasteiger partial charge in [0, 0.05) is 30.9 Å². The standard InChI is InChI=1S/C17H18N4O3/c22-16(12-3-1-4-13(11-12)17(23)24)21-9-6-14(7-10-21)19-15-5-2-8-18-20-15/h1-5,8,11,14H,6-7,9-10H2,(H,19,20)(H,23,24). The van der Waals surface area contributed by atoms with Crippen molar-refractivity contribution in [3.8, 4) is 0 Å². The summed E-state index contributed by atoms with van der Waals surface area (Å²) in [5.41, 5.74) is 0.537. The topological polar surface area (TPSA) is 95.4 Å². The molecule has 7 nitrogen and oxygen atoms in total. The van der Waals surface area contributed by atoms with Gasteiger partial charge in [-0.2, -0.15) is 5.10 Å². The number of likely N-dealkylation sites (tertiary alicyclic amines) is 1. The molecule has 0 bridgehead atoms. The lowest BCUT2D eigenvalue weighted by atomic mass is 10.0. The zero-order valence-corrected chi connectivity index (χ0v) is 13.1. The predicted octanol–water partition coefficient (Wildman–Crippen LogP) is 1.89. The number of piperidine rings is 1. The van der Waals surface area contributed by atoms with Crippen molar-refractivity contribution in [1.82, 2.24) is 15.1 Å². The van der Waals surface area contributed by atoms with Crippen molar-refractivity contribution < 1.29 is 14.7 Å². The van der Waals surface area contributed by atoms with E-state index >= 15 is 0 Å². The van der Waals surface area contributed by atoms with Crippen molar-refractivity contribution in [2.24, 2.45) is 0 Å². The van der Waals surface area contributed by atoms with E-state index in [4.69, 9.17) is 5.11 Å². The molecule has 2 N–H and O–H groups in total. The van der Waals surface area contributed by atoms with Gasteiger partial charge in [-0.3, -0.25) is 4.79 Å². The average molecular weight is 326 g/mol. The van der Waals surface area contributed by atoms with E-state index in [1.807, 2.05) is 12.1 Å². The summed E-state index contributed by atoms with van der Waals surface area (Å²) in [6.07, 6.45) is 3.24. The van der Waals surface area contributed by atoms with Crippen LogP contribution in [0.15, 0.2) is 42.6 Å². The normalized spacial score (nSPS) is 15.1. The molecule has 1 aromatic carbocycles. The second-order valence-electron chi connectivity index (χ2n) is 5.71. The van der Waals surface area contributed by atoms with Gasteiger partial charge in [0.1, 0.15) is 5.82 Å². The Morgan fingerprint density at radius 2 is 1.88 bits per heavy atom. The molecule has 0 radical (unpaired) electrons. The maximum atomic E-state index is 12.5. The molecule has 1 aliphatic rings. The second-order valence-corrected chi connectivity index (χ2v) is 5.71. The first-order valence-corrected chi connectivity index (χ1v) is 7.80. The van der Waals surface area contributed by atoms with Crippen LogP contribution >= 0.6 is 0 Å². The number of anilines is 1. The zero-order chi connectivity index (χ0) is 16.9. The Kier molecular flexibility index (Phi) is 4.69. The van der Waals surface area contributed by atoms with Gasteiger partial charge in [0.05, 0.1) is 5.56 Å². The molecule has 24 heavy (non-hydrogen) atoms. The molecule has 1 amide bonds. The van der Waals surface area contributed by atoms with Crippen LogP contribution in [0.5, 0.6) is 0 Å². The molecule has 2 aromatic rings. The molecule has 0 saturated carbocycles. The number of aromatic carboxylic acids is 1. The number of carboxylic acids is 1. The number of hydrogen-bond donors (Lipinski definition) is 2. The highest BCUT2D eigenvalue weighted by molar-refractivity contribution is 5.97. The van der Waals surface area contributed by atoms with Gasteiger partial charge in [-0.15, -0.1) is 5.10 Å². The molecule has 1 aromatic heterocycles. The maximum Gasteiger partial charge on any atom is 0.335 e. The van der Waals surface area contributed by atoms with E-state index in [0.29, 0.717) is 18.7 Å². The number of benzene rings is 1. The van der Waals surface area contributed by atoms with Crippen molar-refractivity contribution in [3.05, 3.63) is 53.7 Å². The monoisotopic (exact) mass is 326 g/mol. The van der Waals surface area contributed by atoms with Crippen LogP contribution in [0.25, 0.3) is 0 Å². The third-order valence-corrected chi connectivity index (χ3v) is 4.06. The van der Waals surface area contributed by atoms with Crippen molar-refractivity contribution in [2.45, 2.75) is 18.9 Å². The van der Waals surface area contributed by atoms with Gasteiger partial charge in [0.2, 0.25) is 0 Å². The number of carboxylic acid groups (broad SMARTS) is 1. The molecule has 0 spiro atoms. The van der Waals surface area contributed by atoms with Crippen LogP contribution in [0.2, 0.25) is 0 Å². The molecular weight excluding hydrogens is 308 g/mol. The Morgan fingerprint density at radius 1 is 1.12 bits per heavy atom. The fourth-order valence-electron chi connectivity index (χ4n) is 2.78. The third-order valence-electron chi connectivity index (χ3n) is 4.06. The van der Waals surface area contributed by atoms with Crippen LogP contribution in [0, 0.1) is 0 Å². The molecule has 124 valence electrons. The number of carbonyl (C=O) groups is 2. The fourth-order valence-corrected chi connectivity index (χ4v) is 2.78. The molecule has 0 atom stereocenters. The van der Waals surface area contributed by atoms with Crippen LogP contribution < -0.4 is 5.32 Å². The van der Waals surface area contributed by atoms with Crippen molar-refractivity contribution >= 4 is 17.7 Å². The Hall–Kier alpha value is -2.96. The molecule has 1 aliphatic heterocycles. The lowest BCUT2D eigenvalue weighted by molar-refractivity contribution is 0.0697. The number of amides is 1. The van der Waals surface area contributed by atoms with E-state index in [2.05, 4.69) is 15.5 Å². The van der Waals surface area contributed by atoms with Gasteiger partial charge in [-0.05, 0) is 43.2 Å². The fraction of sp³-hybridized carbons (Fsp3) is 0.294. The summed E-state index contributed by atoms with van der Waals surface area (Å²) in [6.45, 7) is 1.24. The van der Waals surface area contributed by atoms with Crippen LogP contribution in [-0.2, 0) is 0 Å². The lowest BCUT2D eigenvalue weighted by Crippen LogP contribution is -2.42. The highest BCUT2D eigenvalue weighted by Crippen LogP contribution is 2.17. The molecule has 0 unspecified atom stereocenters. The molecular formula is C17H18N4O3. The second kappa shape index (κ2) is 7.08. The predicted molar refractivity (Wildman–Crippen MR) is 88.0 cm³/mol. The van der Waals surface area contributed by atoms with E-state index in [1.165, 1.54) is 12.1 Å². The van der Waals surface area contributed by atoms with Gasteiger partial charge >= 0.3 is 5.97 Å². The summed E-state index contributed by atoms with van der Waals surface area (Å²) in [7, 11) is 0. The Bertz CT molecular complexity index is 728. The van der Waals surface area contributed by atoms with Crippen molar-refractivity contribution in [2.75, 3.05) is 18.4 Å². The first-order chi connectivity index (χ1) is 11.6. The van der Waals surface area contributed by atoms with Crippen LogP contribution in [0.1, 0.15) is 33.6 Å². The summed E-state index contributed by atoms with van der Waals surface area (Å²) < 4.78 is 0. The SMILES string of the molecule is O=C(O)c1cccc(C(=O)N2CCC(Nc3cccnn3)CC2)c1. The van der Waals surface area contributed by atoms with E-state index in [-0.39, 0.29) is 17.5 Å². The lowest BCUT2D eigenvalue weighted by Gasteiger charge is -2.32. The van der Waals surface area contributed by atoms with Gasteiger partial charge < -0.3 is 15.3 Å². The van der Waals surface area contributed by atoms with Gasteiger partial charge in [-0.25, -0.2) is 4.79 Å². The molecule has 7 heteroatoms. The molecule has 0 aliphatic carbocycles. The maximum absolute atomic E-state index is 12.5. The van der Waals surface area contributed by atoms with Gasteiger partial charge in [0.25, 0.3) is 5.91 Å². The van der Waals surface area contributed by atoms with Crippen molar-refractivity contribution in [3.63, 3.8) is 0 Å². The van der Waals surface area contributed by atoms with E-state index in [9.17, 15) is 9.59 Å². The van der Waals surface area contributed by atoms with Crippen LogP contribution in [-0.4, -0.2) is 51.2 Å². The average Bonchev–Trinajstić information content (AvgIpc) is 2.63. The van der Waals surface area contributed by atoms with E-state index in [1.54, 1.807) is 23.2 Å². The van der Waals surface area contributed by atoms with Gasteiger partial charge in [0.15, 0.2) is 0 Å². The number of aromatic nitrogens is 2. The van der Waals surface area contributed by atoms with Crippen LogP contribution in [0.4, 0.5) is 5.82 Å². The molecule has 1 saturated heterocycles. The summed E-state index contributed by atoms with van der Waals surface area (Å²) in [6, 6.07) is 10.1. The summed E-state index contributed by atoms with van der Waals surface area (Å²) >= 11 is 0. The Labute approximate surface area is 139 Å². The third kappa shape index (κ3) is 3.68. The molecule has 1 fully saturated rings. The highest BCUT2D eigenvalue weighted by Gasteiger charge is 2.24. The largest absolute Gasteiger partial charge is 0.478 e. The first-order valence-electron chi connectivity index (χ1n) is 7.80. The Balaban J connectivity index is 1.59. The number of nitrogens with one attached hydrogen (secondary N) is 1. The molecule has 3 rings (SSSR count). The number of carbonyl (C=O) groups excluding carboxylic acids is 1. The minimum atomic E-state index is -1.03.